The van der Waals surface area contributed by atoms with Crippen molar-refractivity contribution < 1.29 is 28.2 Å². The molecule has 1 aliphatic rings. The summed E-state index contributed by atoms with van der Waals surface area (Å²) in [7, 11) is -0.413. The molecule has 2 N–H and O–H groups in total. The van der Waals surface area contributed by atoms with Crippen molar-refractivity contribution >= 4 is 25.9 Å². The first-order valence-electron chi connectivity index (χ1n) is 12.6. The first-order chi connectivity index (χ1) is 16.8. The molecule has 0 bridgehead atoms. The molecule has 2 rings (SSSR count). The number of carbonyl (C=O) groups excluding carboxylic acids is 2. The van der Waals surface area contributed by atoms with Crippen LogP contribution in [0.25, 0.3) is 0 Å². The Morgan fingerprint density at radius 1 is 1.25 bits per heavy atom. The Labute approximate surface area is 217 Å². The van der Waals surface area contributed by atoms with Crippen LogP contribution in [-0.2, 0) is 14.0 Å². The highest BCUT2D eigenvalue weighted by molar-refractivity contribution is 6.74. The summed E-state index contributed by atoms with van der Waals surface area (Å²) >= 11 is 0. The van der Waals surface area contributed by atoms with Crippen LogP contribution in [0.1, 0.15) is 57.3 Å². The normalized spacial score (nSPS) is 18.1. The molecule has 1 amide bonds. The number of likely N-dealkylation sites (tertiary alicyclic amines) is 1. The van der Waals surface area contributed by atoms with Crippen LogP contribution in [0.3, 0.4) is 0 Å². The van der Waals surface area contributed by atoms with E-state index in [9.17, 15) is 9.59 Å². The standard InChI is InChI=1S/C27H44N2O6Si/c1-9-12-34-25(30)11-10-13-33-24-16-22(28)21(15-23(24)32-6)26(31)29-17-19(2)14-20(29)18-35-36(7,8)27(3,4)5/h9,15-16,19-20H,1,10-14,17-18,28H2,2-8H3/t19?,20-/m0/s1. The van der Waals surface area contributed by atoms with Crippen LogP contribution in [0.15, 0.2) is 24.8 Å². The molecule has 0 aromatic heterocycles. The van der Waals surface area contributed by atoms with Crippen LogP contribution in [0.5, 0.6) is 11.5 Å². The molecule has 1 fully saturated rings. The molecule has 1 aromatic rings. The van der Waals surface area contributed by atoms with E-state index in [-0.39, 0.29) is 42.6 Å². The van der Waals surface area contributed by atoms with Gasteiger partial charge in [-0.15, -0.1) is 0 Å². The summed E-state index contributed by atoms with van der Waals surface area (Å²) in [6, 6.07) is 3.26. The molecule has 0 aliphatic carbocycles. The van der Waals surface area contributed by atoms with Gasteiger partial charge in [0.05, 0.1) is 31.9 Å². The van der Waals surface area contributed by atoms with Gasteiger partial charge in [-0.05, 0) is 43.0 Å². The van der Waals surface area contributed by atoms with E-state index in [2.05, 4.69) is 47.4 Å². The van der Waals surface area contributed by atoms with Crippen LogP contribution < -0.4 is 15.2 Å². The maximum Gasteiger partial charge on any atom is 0.306 e. The van der Waals surface area contributed by atoms with E-state index in [4.69, 9.17) is 24.4 Å². The van der Waals surface area contributed by atoms with Gasteiger partial charge in [0.2, 0.25) is 0 Å². The molecule has 9 heteroatoms. The van der Waals surface area contributed by atoms with Gasteiger partial charge < -0.3 is 29.3 Å². The number of nitrogens with two attached hydrogens (primary N) is 1. The Bertz CT molecular complexity index is 928. The number of carbonyl (C=O) groups is 2. The van der Waals surface area contributed by atoms with Crippen LogP contribution >= 0.6 is 0 Å². The van der Waals surface area contributed by atoms with Crippen LogP contribution in [0.4, 0.5) is 5.69 Å². The SMILES string of the molecule is C=CCOC(=O)CCCOc1cc(N)c(C(=O)N2CC(C)C[C@H]2CO[Si](C)(C)C(C)(C)C)cc1OC. The number of anilines is 1. The minimum atomic E-state index is -1.93. The molecule has 2 atom stereocenters. The average Bonchev–Trinajstić information content (AvgIpc) is 3.18. The molecule has 36 heavy (non-hydrogen) atoms. The molecule has 1 heterocycles. The lowest BCUT2D eigenvalue weighted by molar-refractivity contribution is -0.142. The minimum Gasteiger partial charge on any atom is -0.493 e. The molecule has 0 radical (unpaired) electrons. The Balaban J connectivity index is 2.10. The number of hydrogen-bond acceptors (Lipinski definition) is 7. The van der Waals surface area contributed by atoms with Crippen molar-refractivity contribution in [2.24, 2.45) is 5.92 Å². The highest BCUT2D eigenvalue weighted by atomic mass is 28.4. The van der Waals surface area contributed by atoms with Gasteiger partial charge in [0.25, 0.3) is 5.91 Å². The van der Waals surface area contributed by atoms with Crippen molar-refractivity contribution in [1.82, 2.24) is 4.90 Å². The third-order valence-corrected chi connectivity index (χ3v) is 11.5. The van der Waals surface area contributed by atoms with Gasteiger partial charge in [0.15, 0.2) is 19.8 Å². The number of esters is 1. The zero-order valence-corrected chi connectivity index (χ0v) is 24.0. The number of nitrogens with zero attached hydrogens (tertiary/aromatic N) is 1. The number of hydrogen-bond donors (Lipinski definition) is 1. The third-order valence-electron chi connectivity index (χ3n) is 7.04. The fourth-order valence-corrected chi connectivity index (χ4v) is 4.93. The smallest absolute Gasteiger partial charge is 0.306 e. The molecular weight excluding hydrogens is 476 g/mol. The number of benzene rings is 1. The number of ether oxygens (including phenoxy) is 3. The van der Waals surface area contributed by atoms with E-state index in [1.54, 1.807) is 12.1 Å². The van der Waals surface area contributed by atoms with Crippen LogP contribution in [0, 0.1) is 5.92 Å². The fraction of sp³-hybridized carbons (Fsp3) is 0.630. The lowest BCUT2D eigenvalue weighted by atomic mass is 10.1. The summed E-state index contributed by atoms with van der Waals surface area (Å²) in [5.74, 6) is 0.793. The summed E-state index contributed by atoms with van der Waals surface area (Å²) < 4.78 is 22.7. The number of methoxy groups -OCH3 is 1. The topological polar surface area (TPSA) is 100 Å². The molecule has 202 valence electrons. The molecule has 1 saturated heterocycles. The van der Waals surface area contributed by atoms with Crippen molar-refractivity contribution in [2.45, 2.75) is 71.1 Å². The van der Waals surface area contributed by atoms with Gasteiger partial charge in [0.1, 0.15) is 6.61 Å². The van der Waals surface area contributed by atoms with Crippen molar-refractivity contribution in [1.29, 1.82) is 0 Å². The molecule has 0 saturated carbocycles. The fourth-order valence-electron chi connectivity index (χ4n) is 3.89. The van der Waals surface area contributed by atoms with E-state index >= 15 is 0 Å². The lowest BCUT2D eigenvalue weighted by Gasteiger charge is -2.38. The second-order valence-electron chi connectivity index (χ2n) is 11.0. The van der Waals surface area contributed by atoms with Crippen molar-refractivity contribution in [2.75, 3.05) is 39.2 Å². The van der Waals surface area contributed by atoms with Crippen LogP contribution in [-0.4, -0.2) is 64.6 Å². The van der Waals surface area contributed by atoms with Gasteiger partial charge in [-0.3, -0.25) is 9.59 Å². The monoisotopic (exact) mass is 520 g/mol. The third kappa shape index (κ3) is 7.74. The van der Waals surface area contributed by atoms with Gasteiger partial charge in [-0.25, -0.2) is 0 Å². The maximum atomic E-state index is 13.6. The summed E-state index contributed by atoms with van der Waals surface area (Å²) in [6.45, 7) is 18.4. The summed E-state index contributed by atoms with van der Waals surface area (Å²) in [5.41, 5.74) is 7.02. The second kappa shape index (κ2) is 12.6. The van der Waals surface area contributed by atoms with E-state index in [1.807, 2.05) is 4.90 Å². The average molecular weight is 521 g/mol. The van der Waals surface area contributed by atoms with E-state index < -0.39 is 8.32 Å². The lowest BCUT2D eigenvalue weighted by Crippen LogP contribution is -2.46. The van der Waals surface area contributed by atoms with Crippen molar-refractivity contribution in [3.8, 4) is 11.5 Å². The van der Waals surface area contributed by atoms with Crippen LogP contribution in [0.2, 0.25) is 18.1 Å². The molecule has 1 aromatic carbocycles. The van der Waals surface area contributed by atoms with Gasteiger partial charge in [-0.1, -0.05) is 40.3 Å². The Hall–Kier alpha value is -2.52. The molecule has 0 spiro atoms. The Morgan fingerprint density at radius 3 is 2.56 bits per heavy atom. The van der Waals surface area contributed by atoms with Gasteiger partial charge in [-0.2, -0.15) is 0 Å². The Morgan fingerprint density at radius 2 is 1.94 bits per heavy atom. The molecule has 1 unspecified atom stereocenters. The molecule has 1 aliphatic heterocycles. The Kier molecular flexibility index (Phi) is 10.4. The second-order valence-corrected chi connectivity index (χ2v) is 15.8. The zero-order chi connectivity index (χ0) is 27.1. The summed E-state index contributed by atoms with van der Waals surface area (Å²) in [6.07, 6.45) is 3.13. The predicted molar refractivity (Wildman–Crippen MR) is 145 cm³/mol. The number of rotatable bonds is 12. The first kappa shape index (κ1) is 29.7. The quantitative estimate of drug-likeness (QED) is 0.135. The zero-order valence-electron chi connectivity index (χ0n) is 23.0. The number of nitrogen functional groups attached to an aromatic ring is 1. The summed E-state index contributed by atoms with van der Waals surface area (Å²) in [4.78, 5) is 27.1. The summed E-state index contributed by atoms with van der Waals surface area (Å²) in [5, 5.41) is 0.103. The predicted octanol–water partition coefficient (Wildman–Crippen LogP) is 5.04. The molecular formula is C27H44N2O6Si. The highest BCUT2D eigenvalue weighted by Gasteiger charge is 2.40. The van der Waals surface area contributed by atoms with Gasteiger partial charge in [0, 0.05) is 24.7 Å². The van der Waals surface area contributed by atoms with Gasteiger partial charge >= 0.3 is 5.97 Å². The minimum absolute atomic E-state index is 0.00351. The van der Waals surface area contributed by atoms with E-state index in [1.165, 1.54) is 13.2 Å². The first-order valence-corrected chi connectivity index (χ1v) is 15.5. The van der Waals surface area contributed by atoms with E-state index in [0.29, 0.717) is 48.2 Å². The van der Waals surface area contributed by atoms with E-state index in [0.717, 1.165) is 6.42 Å². The number of amides is 1. The maximum absolute atomic E-state index is 13.6. The highest BCUT2D eigenvalue weighted by Crippen LogP contribution is 2.38. The van der Waals surface area contributed by atoms with Crippen molar-refractivity contribution in [3.63, 3.8) is 0 Å². The largest absolute Gasteiger partial charge is 0.493 e. The molecule has 8 nitrogen and oxygen atoms in total. The van der Waals surface area contributed by atoms with Crippen molar-refractivity contribution in [3.05, 3.63) is 30.4 Å².